The largest absolute Gasteiger partial charge is 0.382 e. The zero-order valence-corrected chi connectivity index (χ0v) is 13.0. The number of carbonyl (C=O) groups is 2. The van der Waals surface area contributed by atoms with Gasteiger partial charge in [-0.2, -0.15) is 0 Å². The van der Waals surface area contributed by atoms with Crippen LogP contribution < -0.4 is 21.3 Å². The van der Waals surface area contributed by atoms with Crippen molar-refractivity contribution in [3.63, 3.8) is 0 Å². The van der Waals surface area contributed by atoms with E-state index in [9.17, 15) is 9.59 Å². The van der Waals surface area contributed by atoms with E-state index in [0.29, 0.717) is 18.0 Å². The molecule has 0 atom stereocenters. The second-order valence-electron chi connectivity index (χ2n) is 5.00. The lowest BCUT2D eigenvalue weighted by atomic mass is 10.1. The zero-order chi connectivity index (χ0) is 15.2. The lowest BCUT2D eigenvalue weighted by Gasteiger charge is -2.25. The van der Waals surface area contributed by atoms with E-state index in [1.54, 1.807) is 0 Å². The fraction of sp³-hybridized carbons (Fsp3) is 0.615. The second-order valence-corrected chi connectivity index (χ2v) is 5.97. The lowest BCUT2D eigenvalue weighted by molar-refractivity contribution is -0.118. The highest BCUT2D eigenvalue weighted by molar-refractivity contribution is 7.18. The molecule has 1 aromatic rings. The summed E-state index contributed by atoms with van der Waals surface area (Å²) in [6.45, 7) is 4.15. The summed E-state index contributed by atoms with van der Waals surface area (Å²) in [5.74, 6) is -0.0786. The number of nitrogens with two attached hydrogens (primary N) is 1. The molecule has 0 aliphatic carbocycles. The number of hydrogen-bond acceptors (Lipinski definition) is 6. The van der Waals surface area contributed by atoms with Crippen LogP contribution in [-0.4, -0.2) is 43.0 Å². The lowest BCUT2D eigenvalue weighted by Crippen LogP contribution is -2.33. The van der Waals surface area contributed by atoms with Crippen LogP contribution >= 0.6 is 11.3 Å². The predicted molar refractivity (Wildman–Crippen MR) is 83.6 cm³/mol. The normalized spacial score (nSPS) is 14.8. The first-order chi connectivity index (χ1) is 10.1. The van der Waals surface area contributed by atoms with E-state index in [2.05, 4.69) is 20.5 Å². The van der Waals surface area contributed by atoms with Gasteiger partial charge in [0.05, 0.1) is 0 Å². The number of hydrogen-bond donors (Lipinski definition) is 3. The monoisotopic (exact) mass is 311 g/mol. The van der Waals surface area contributed by atoms with Crippen LogP contribution in [0.25, 0.3) is 0 Å². The first kappa shape index (κ1) is 15.6. The number of piperidine rings is 1. The molecule has 0 radical (unpaired) electrons. The minimum atomic E-state index is -0.237. The highest BCUT2D eigenvalue weighted by atomic mass is 32.1. The number of aromatic nitrogens is 1. The number of rotatable bonds is 5. The van der Waals surface area contributed by atoms with E-state index in [-0.39, 0.29) is 17.6 Å². The van der Waals surface area contributed by atoms with Crippen LogP contribution in [0, 0.1) is 0 Å². The standard InChI is InChI=1S/C13H21N5O2S/c1-9(19)15-5-6-16-12(20)10-11(14)17-13(21-10)18-7-3-2-4-8-18/h2-8,14H2,1H3,(H,15,19)(H,16,20). The van der Waals surface area contributed by atoms with Gasteiger partial charge in [0.15, 0.2) is 5.13 Å². The van der Waals surface area contributed by atoms with Crippen LogP contribution in [0.3, 0.4) is 0 Å². The fourth-order valence-corrected chi connectivity index (χ4v) is 3.15. The van der Waals surface area contributed by atoms with E-state index in [0.717, 1.165) is 31.1 Å². The third kappa shape index (κ3) is 4.32. The summed E-state index contributed by atoms with van der Waals surface area (Å²) in [5.41, 5.74) is 5.84. The van der Waals surface area contributed by atoms with Crippen LogP contribution in [0.5, 0.6) is 0 Å². The number of nitrogens with one attached hydrogen (secondary N) is 2. The highest BCUT2D eigenvalue weighted by Crippen LogP contribution is 2.29. The van der Waals surface area contributed by atoms with Crippen molar-refractivity contribution in [2.45, 2.75) is 26.2 Å². The summed E-state index contributed by atoms with van der Waals surface area (Å²) >= 11 is 1.33. The fourth-order valence-electron chi connectivity index (χ4n) is 2.20. The number of nitrogen functional groups attached to an aromatic ring is 1. The Bertz CT molecular complexity index is 511. The highest BCUT2D eigenvalue weighted by Gasteiger charge is 2.20. The Labute approximate surface area is 127 Å². The Hall–Kier alpha value is -1.83. The summed E-state index contributed by atoms with van der Waals surface area (Å²) < 4.78 is 0. The molecule has 1 aromatic heterocycles. The topological polar surface area (TPSA) is 100 Å². The molecule has 0 bridgehead atoms. The van der Waals surface area contributed by atoms with Gasteiger partial charge in [-0.1, -0.05) is 11.3 Å². The van der Waals surface area contributed by atoms with Gasteiger partial charge in [-0.25, -0.2) is 4.98 Å². The van der Waals surface area contributed by atoms with E-state index in [4.69, 9.17) is 5.73 Å². The SMILES string of the molecule is CC(=O)NCCNC(=O)c1sc(N2CCCCC2)nc1N. The molecule has 21 heavy (non-hydrogen) atoms. The Morgan fingerprint density at radius 3 is 2.57 bits per heavy atom. The van der Waals surface area contributed by atoms with Crippen LogP contribution in [0.1, 0.15) is 35.9 Å². The van der Waals surface area contributed by atoms with Crippen molar-refractivity contribution in [3.8, 4) is 0 Å². The summed E-state index contributed by atoms with van der Waals surface area (Å²) in [7, 11) is 0. The molecule has 1 aliphatic rings. The minimum Gasteiger partial charge on any atom is -0.382 e. The van der Waals surface area contributed by atoms with E-state index < -0.39 is 0 Å². The quantitative estimate of drug-likeness (QED) is 0.691. The van der Waals surface area contributed by atoms with Crippen molar-refractivity contribution < 1.29 is 9.59 Å². The average Bonchev–Trinajstić information content (AvgIpc) is 2.86. The van der Waals surface area contributed by atoms with Crippen LogP contribution in [-0.2, 0) is 4.79 Å². The third-order valence-corrected chi connectivity index (χ3v) is 4.39. The first-order valence-corrected chi connectivity index (χ1v) is 7.93. The van der Waals surface area contributed by atoms with Crippen molar-refractivity contribution in [3.05, 3.63) is 4.88 Å². The molecule has 2 rings (SSSR count). The number of anilines is 2. The molecule has 2 heterocycles. The maximum atomic E-state index is 12.1. The third-order valence-electron chi connectivity index (χ3n) is 3.26. The van der Waals surface area contributed by atoms with Crippen molar-refractivity contribution in [2.75, 3.05) is 36.8 Å². The molecule has 1 saturated heterocycles. The van der Waals surface area contributed by atoms with Gasteiger partial charge in [0.2, 0.25) is 5.91 Å². The molecular formula is C13H21N5O2S. The molecule has 4 N–H and O–H groups in total. The smallest absolute Gasteiger partial charge is 0.265 e. The van der Waals surface area contributed by atoms with E-state index in [1.165, 1.54) is 24.7 Å². The Morgan fingerprint density at radius 1 is 1.24 bits per heavy atom. The van der Waals surface area contributed by atoms with Crippen molar-refractivity contribution in [1.82, 2.24) is 15.6 Å². The van der Waals surface area contributed by atoms with Crippen molar-refractivity contribution in [1.29, 1.82) is 0 Å². The van der Waals surface area contributed by atoms with Crippen LogP contribution in [0.2, 0.25) is 0 Å². The van der Waals surface area contributed by atoms with Gasteiger partial charge in [0.25, 0.3) is 5.91 Å². The maximum Gasteiger partial charge on any atom is 0.265 e. The maximum absolute atomic E-state index is 12.1. The average molecular weight is 311 g/mol. The number of nitrogens with zero attached hydrogens (tertiary/aromatic N) is 2. The van der Waals surface area contributed by atoms with E-state index >= 15 is 0 Å². The van der Waals surface area contributed by atoms with Crippen LogP contribution in [0.4, 0.5) is 10.9 Å². The molecule has 1 fully saturated rings. The Balaban J connectivity index is 1.91. The second kappa shape index (κ2) is 7.26. The van der Waals surface area contributed by atoms with Gasteiger partial charge in [-0.05, 0) is 19.3 Å². The molecular weight excluding hydrogens is 290 g/mol. The minimum absolute atomic E-state index is 0.117. The first-order valence-electron chi connectivity index (χ1n) is 7.12. The summed E-state index contributed by atoms with van der Waals surface area (Å²) in [5, 5.41) is 6.17. The molecule has 116 valence electrons. The molecule has 1 aliphatic heterocycles. The van der Waals surface area contributed by atoms with Gasteiger partial charge < -0.3 is 21.3 Å². The van der Waals surface area contributed by atoms with Gasteiger partial charge in [-0.15, -0.1) is 0 Å². The molecule has 0 saturated carbocycles. The molecule has 0 unspecified atom stereocenters. The van der Waals surface area contributed by atoms with Gasteiger partial charge in [-0.3, -0.25) is 9.59 Å². The molecule has 8 heteroatoms. The van der Waals surface area contributed by atoms with Gasteiger partial charge in [0.1, 0.15) is 10.7 Å². The number of carbonyl (C=O) groups excluding carboxylic acids is 2. The summed E-state index contributed by atoms with van der Waals surface area (Å²) in [4.78, 5) is 29.7. The molecule has 7 nitrogen and oxygen atoms in total. The molecule has 2 amide bonds. The zero-order valence-electron chi connectivity index (χ0n) is 12.1. The number of amides is 2. The van der Waals surface area contributed by atoms with Crippen LogP contribution in [0.15, 0.2) is 0 Å². The summed E-state index contributed by atoms with van der Waals surface area (Å²) in [6, 6.07) is 0. The number of thiazole rings is 1. The Morgan fingerprint density at radius 2 is 1.90 bits per heavy atom. The van der Waals surface area contributed by atoms with Crippen molar-refractivity contribution in [2.24, 2.45) is 0 Å². The van der Waals surface area contributed by atoms with Crippen molar-refractivity contribution >= 4 is 34.1 Å². The van der Waals surface area contributed by atoms with Gasteiger partial charge >= 0.3 is 0 Å². The van der Waals surface area contributed by atoms with E-state index in [1.807, 2.05) is 0 Å². The van der Waals surface area contributed by atoms with Gasteiger partial charge in [0, 0.05) is 33.1 Å². The molecule has 0 spiro atoms. The predicted octanol–water partition coefficient (Wildman–Crippen LogP) is 0.581. The Kier molecular flexibility index (Phi) is 5.38. The molecule has 0 aromatic carbocycles. The summed E-state index contributed by atoms with van der Waals surface area (Å²) in [6.07, 6.45) is 3.54.